The predicted molar refractivity (Wildman–Crippen MR) is 98.3 cm³/mol. The molecule has 0 aliphatic carbocycles. The highest BCUT2D eigenvalue weighted by Gasteiger charge is 2.22. The van der Waals surface area contributed by atoms with Crippen molar-refractivity contribution in [1.82, 2.24) is 15.1 Å². The van der Waals surface area contributed by atoms with Gasteiger partial charge in [-0.05, 0) is 31.0 Å². The number of rotatable bonds is 5. The van der Waals surface area contributed by atoms with E-state index >= 15 is 0 Å². The van der Waals surface area contributed by atoms with Crippen LogP contribution in [0, 0.1) is 0 Å². The molecule has 6 nitrogen and oxygen atoms in total. The highest BCUT2D eigenvalue weighted by molar-refractivity contribution is 5.92. The minimum atomic E-state index is 0.0195. The number of carbonyl (C=O) groups excluding carboxylic acids is 1. The number of benzene rings is 1. The lowest BCUT2D eigenvalue weighted by Crippen LogP contribution is -2.35. The molecule has 1 amide bonds. The molecule has 1 fully saturated rings. The maximum absolute atomic E-state index is 12.7. The third kappa shape index (κ3) is 4.13. The highest BCUT2D eigenvalue weighted by Crippen LogP contribution is 2.22. The van der Waals surface area contributed by atoms with E-state index in [9.17, 15) is 4.79 Å². The Bertz CT molecular complexity index is 713. The van der Waals surface area contributed by atoms with Crippen molar-refractivity contribution in [3.63, 3.8) is 0 Å². The first-order valence-electron chi connectivity index (χ1n) is 8.94. The molecule has 0 atom stereocenters. The van der Waals surface area contributed by atoms with Gasteiger partial charge in [-0.15, -0.1) is 0 Å². The van der Waals surface area contributed by atoms with Crippen LogP contribution in [-0.2, 0) is 6.42 Å². The van der Waals surface area contributed by atoms with Crippen LogP contribution in [0.2, 0.25) is 0 Å². The molecular weight excluding hydrogens is 316 g/mol. The molecule has 0 unspecified atom stereocenters. The second-order valence-electron chi connectivity index (χ2n) is 6.36. The number of aromatic amines is 1. The van der Waals surface area contributed by atoms with Crippen molar-refractivity contribution >= 4 is 11.6 Å². The van der Waals surface area contributed by atoms with E-state index in [2.05, 4.69) is 28.1 Å². The molecule has 25 heavy (non-hydrogen) atoms. The molecule has 1 aliphatic rings. The normalized spacial score (nSPS) is 15.1. The second kappa shape index (κ2) is 8.05. The van der Waals surface area contributed by atoms with Gasteiger partial charge in [-0.25, -0.2) is 0 Å². The molecule has 1 aromatic carbocycles. The molecule has 3 rings (SSSR count). The standard InChI is InChI=1S/C19H26N4O2/c1-3-6-15-13-18(21-20-15)19(24)23-10-5-9-22(11-12-23)16-7-4-8-17(14-16)25-2/h4,7-8,13-14H,3,5-6,9-12H2,1-2H3,(H,20,21). The molecule has 6 heteroatoms. The van der Waals surface area contributed by atoms with E-state index in [0.29, 0.717) is 12.2 Å². The van der Waals surface area contributed by atoms with Crippen LogP contribution in [0.4, 0.5) is 5.69 Å². The third-order valence-corrected chi connectivity index (χ3v) is 4.57. The maximum Gasteiger partial charge on any atom is 0.274 e. The van der Waals surface area contributed by atoms with Crippen LogP contribution in [0.3, 0.4) is 0 Å². The lowest BCUT2D eigenvalue weighted by atomic mass is 10.2. The zero-order valence-corrected chi connectivity index (χ0v) is 15.0. The van der Waals surface area contributed by atoms with E-state index in [0.717, 1.165) is 56.0 Å². The van der Waals surface area contributed by atoms with Gasteiger partial charge in [0.15, 0.2) is 0 Å². The van der Waals surface area contributed by atoms with E-state index in [1.807, 2.05) is 29.2 Å². The smallest absolute Gasteiger partial charge is 0.274 e. The Balaban J connectivity index is 1.65. The summed E-state index contributed by atoms with van der Waals surface area (Å²) in [6.45, 7) is 5.31. The Morgan fingerprint density at radius 1 is 1.24 bits per heavy atom. The molecule has 2 heterocycles. The Labute approximate surface area is 148 Å². The Morgan fingerprint density at radius 3 is 2.92 bits per heavy atom. The van der Waals surface area contributed by atoms with Crippen LogP contribution in [0.25, 0.3) is 0 Å². The fourth-order valence-electron chi connectivity index (χ4n) is 3.22. The van der Waals surface area contributed by atoms with Crippen molar-refractivity contribution in [3.05, 3.63) is 41.7 Å². The van der Waals surface area contributed by atoms with Gasteiger partial charge in [-0.3, -0.25) is 9.89 Å². The summed E-state index contributed by atoms with van der Waals surface area (Å²) in [5, 5.41) is 7.16. The lowest BCUT2D eigenvalue weighted by Gasteiger charge is -2.23. The molecule has 1 saturated heterocycles. The number of aromatic nitrogens is 2. The first-order valence-corrected chi connectivity index (χ1v) is 8.94. The van der Waals surface area contributed by atoms with Gasteiger partial charge in [0.25, 0.3) is 5.91 Å². The molecule has 1 aliphatic heterocycles. The number of H-pyrrole nitrogens is 1. The van der Waals surface area contributed by atoms with E-state index in [-0.39, 0.29) is 5.91 Å². The van der Waals surface area contributed by atoms with Crippen LogP contribution >= 0.6 is 0 Å². The fourth-order valence-corrected chi connectivity index (χ4v) is 3.22. The van der Waals surface area contributed by atoms with Crippen LogP contribution in [0.5, 0.6) is 5.75 Å². The van der Waals surface area contributed by atoms with Crippen molar-refractivity contribution in [2.75, 3.05) is 38.2 Å². The van der Waals surface area contributed by atoms with Gasteiger partial charge in [0.05, 0.1) is 7.11 Å². The summed E-state index contributed by atoms with van der Waals surface area (Å²) in [7, 11) is 1.68. The summed E-state index contributed by atoms with van der Waals surface area (Å²) >= 11 is 0. The molecule has 0 bridgehead atoms. The summed E-state index contributed by atoms with van der Waals surface area (Å²) in [4.78, 5) is 16.9. The average molecular weight is 342 g/mol. The number of hydrogen-bond acceptors (Lipinski definition) is 4. The fraction of sp³-hybridized carbons (Fsp3) is 0.474. The van der Waals surface area contributed by atoms with E-state index < -0.39 is 0 Å². The van der Waals surface area contributed by atoms with Gasteiger partial charge in [-0.2, -0.15) is 5.10 Å². The third-order valence-electron chi connectivity index (χ3n) is 4.57. The number of carbonyl (C=O) groups is 1. The highest BCUT2D eigenvalue weighted by atomic mass is 16.5. The van der Waals surface area contributed by atoms with Gasteiger partial charge in [-0.1, -0.05) is 19.4 Å². The molecule has 0 saturated carbocycles. The quantitative estimate of drug-likeness (QED) is 0.907. The SMILES string of the molecule is CCCc1cc(C(=O)N2CCCN(c3cccc(OC)c3)CC2)n[nH]1. The minimum absolute atomic E-state index is 0.0195. The molecule has 134 valence electrons. The van der Waals surface area contributed by atoms with E-state index in [4.69, 9.17) is 4.74 Å². The number of anilines is 1. The number of aryl methyl sites for hydroxylation is 1. The largest absolute Gasteiger partial charge is 0.497 e. The van der Waals surface area contributed by atoms with Crippen LogP contribution in [0.15, 0.2) is 30.3 Å². The monoisotopic (exact) mass is 342 g/mol. The molecular formula is C19H26N4O2. The van der Waals surface area contributed by atoms with Gasteiger partial charge < -0.3 is 14.5 Å². The number of nitrogens with one attached hydrogen (secondary N) is 1. The molecule has 0 radical (unpaired) electrons. The summed E-state index contributed by atoms with van der Waals surface area (Å²) in [6.07, 6.45) is 2.90. The van der Waals surface area contributed by atoms with E-state index in [1.54, 1.807) is 7.11 Å². The van der Waals surface area contributed by atoms with E-state index in [1.165, 1.54) is 0 Å². The van der Waals surface area contributed by atoms with Crippen LogP contribution in [0.1, 0.15) is 35.9 Å². The summed E-state index contributed by atoms with van der Waals surface area (Å²) in [5.74, 6) is 0.876. The zero-order valence-electron chi connectivity index (χ0n) is 15.0. The molecule has 1 aromatic heterocycles. The molecule has 0 spiro atoms. The van der Waals surface area contributed by atoms with Gasteiger partial charge in [0.2, 0.25) is 0 Å². The number of nitrogens with zero attached hydrogens (tertiary/aromatic N) is 3. The topological polar surface area (TPSA) is 61.5 Å². The van der Waals surface area contributed by atoms with Crippen molar-refractivity contribution in [2.24, 2.45) is 0 Å². The van der Waals surface area contributed by atoms with Gasteiger partial charge in [0.1, 0.15) is 11.4 Å². The Kier molecular flexibility index (Phi) is 5.58. The molecule has 1 N–H and O–H groups in total. The van der Waals surface area contributed by atoms with Gasteiger partial charge >= 0.3 is 0 Å². The van der Waals surface area contributed by atoms with Crippen molar-refractivity contribution in [1.29, 1.82) is 0 Å². The first-order chi connectivity index (χ1) is 12.2. The summed E-state index contributed by atoms with van der Waals surface area (Å²) in [6, 6.07) is 9.97. The number of methoxy groups -OCH3 is 1. The second-order valence-corrected chi connectivity index (χ2v) is 6.36. The summed E-state index contributed by atoms with van der Waals surface area (Å²) in [5.41, 5.74) is 2.69. The molecule has 2 aromatic rings. The lowest BCUT2D eigenvalue weighted by molar-refractivity contribution is 0.0761. The minimum Gasteiger partial charge on any atom is -0.497 e. The van der Waals surface area contributed by atoms with Crippen LogP contribution in [-0.4, -0.2) is 54.3 Å². The Morgan fingerprint density at radius 2 is 2.12 bits per heavy atom. The maximum atomic E-state index is 12.7. The number of amides is 1. The number of hydrogen-bond donors (Lipinski definition) is 1. The van der Waals surface area contributed by atoms with Crippen molar-refractivity contribution in [2.45, 2.75) is 26.2 Å². The van der Waals surface area contributed by atoms with Gasteiger partial charge in [0, 0.05) is 43.6 Å². The average Bonchev–Trinajstić information content (AvgIpc) is 2.97. The number of ether oxygens (including phenoxy) is 1. The summed E-state index contributed by atoms with van der Waals surface area (Å²) < 4.78 is 5.31. The van der Waals surface area contributed by atoms with Crippen molar-refractivity contribution in [3.8, 4) is 5.75 Å². The predicted octanol–water partition coefficient (Wildman–Crippen LogP) is 2.72. The Hall–Kier alpha value is -2.50. The zero-order chi connectivity index (χ0) is 17.6. The first kappa shape index (κ1) is 17.3. The van der Waals surface area contributed by atoms with Crippen LogP contribution < -0.4 is 9.64 Å². The van der Waals surface area contributed by atoms with Crippen molar-refractivity contribution < 1.29 is 9.53 Å².